The highest BCUT2D eigenvalue weighted by Crippen LogP contribution is 2.33. The van der Waals surface area contributed by atoms with Crippen LogP contribution < -0.4 is 10.2 Å². The monoisotopic (exact) mass is 481 g/mol. The second-order valence-electron chi connectivity index (χ2n) is 9.77. The van der Waals surface area contributed by atoms with E-state index in [1.165, 1.54) is 10.7 Å². The quantitative estimate of drug-likeness (QED) is 0.547. The lowest BCUT2D eigenvalue weighted by atomic mass is 10.0. The number of amides is 1. The number of nitrogens with zero attached hydrogens (tertiary/aromatic N) is 4. The summed E-state index contributed by atoms with van der Waals surface area (Å²) in [5, 5.41) is 7.15. The van der Waals surface area contributed by atoms with E-state index in [0.29, 0.717) is 11.8 Å². The molecule has 0 bridgehead atoms. The van der Waals surface area contributed by atoms with E-state index in [1.807, 2.05) is 32.9 Å². The SMILES string of the molecule is CN1CCN(c2ccc(C(=O)Nc3cc(-c4c(F)cc(C=O)cc4F)n(C(C)(C)C)n3)cc2)CC1. The maximum Gasteiger partial charge on any atom is 0.256 e. The fraction of sp³-hybridized carbons (Fsp3) is 0.346. The third kappa shape index (κ3) is 5.24. The smallest absolute Gasteiger partial charge is 0.256 e. The Bertz CT molecular complexity index is 1220. The molecule has 7 nitrogen and oxygen atoms in total. The lowest BCUT2D eigenvalue weighted by Crippen LogP contribution is -2.44. The van der Waals surface area contributed by atoms with Gasteiger partial charge in [-0.05, 0) is 64.2 Å². The van der Waals surface area contributed by atoms with Gasteiger partial charge < -0.3 is 15.1 Å². The van der Waals surface area contributed by atoms with E-state index in [0.717, 1.165) is 44.0 Å². The second-order valence-corrected chi connectivity index (χ2v) is 9.77. The number of benzene rings is 2. The van der Waals surface area contributed by atoms with Crippen LogP contribution >= 0.6 is 0 Å². The molecule has 2 heterocycles. The molecule has 0 spiro atoms. The summed E-state index contributed by atoms with van der Waals surface area (Å²) in [4.78, 5) is 28.4. The summed E-state index contributed by atoms with van der Waals surface area (Å²) < 4.78 is 31.0. The first-order chi connectivity index (χ1) is 16.6. The number of halogens is 2. The molecule has 184 valence electrons. The predicted octanol–water partition coefficient (Wildman–Crippen LogP) is 4.40. The maximum absolute atomic E-state index is 14.8. The number of piperazine rings is 1. The van der Waals surface area contributed by atoms with Crippen LogP contribution in [0.1, 0.15) is 41.5 Å². The molecule has 2 aromatic carbocycles. The molecule has 1 N–H and O–H groups in total. The van der Waals surface area contributed by atoms with Crippen LogP contribution in [0.5, 0.6) is 0 Å². The third-order valence-electron chi connectivity index (χ3n) is 6.04. The van der Waals surface area contributed by atoms with Crippen molar-refractivity contribution in [3.63, 3.8) is 0 Å². The molecule has 4 rings (SSSR count). The number of aldehydes is 1. The molecule has 9 heteroatoms. The number of carbonyl (C=O) groups is 2. The van der Waals surface area contributed by atoms with Crippen LogP contribution in [0.25, 0.3) is 11.3 Å². The van der Waals surface area contributed by atoms with Gasteiger partial charge in [-0.25, -0.2) is 8.78 Å². The Labute approximate surface area is 203 Å². The molecule has 35 heavy (non-hydrogen) atoms. The number of aromatic nitrogens is 2. The van der Waals surface area contributed by atoms with Crippen LogP contribution in [0.3, 0.4) is 0 Å². The molecule has 1 aliphatic rings. The zero-order valence-electron chi connectivity index (χ0n) is 20.3. The van der Waals surface area contributed by atoms with E-state index < -0.39 is 17.2 Å². The van der Waals surface area contributed by atoms with Gasteiger partial charge in [-0.15, -0.1) is 0 Å². The van der Waals surface area contributed by atoms with Crippen molar-refractivity contribution in [3.8, 4) is 11.3 Å². The maximum atomic E-state index is 14.8. The van der Waals surface area contributed by atoms with Crippen LogP contribution in [0.4, 0.5) is 20.3 Å². The number of rotatable bonds is 5. The topological polar surface area (TPSA) is 70.5 Å². The van der Waals surface area contributed by atoms with Gasteiger partial charge in [0.25, 0.3) is 5.91 Å². The Morgan fingerprint density at radius 2 is 1.60 bits per heavy atom. The molecule has 1 saturated heterocycles. The summed E-state index contributed by atoms with van der Waals surface area (Å²) >= 11 is 0. The first-order valence-corrected chi connectivity index (χ1v) is 11.5. The number of likely N-dealkylation sites (N-methyl/N-ethyl adjacent to an activating group) is 1. The standard InChI is InChI=1S/C26H29F2N5O2/c1-26(2,3)33-22(24-20(27)13-17(16-34)14-21(24)28)15-23(30-33)29-25(35)18-5-7-19(8-6-18)32-11-9-31(4)10-12-32/h5-8,13-16H,9-12H2,1-4H3,(H,29,30,35). The Balaban J connectivity index is 1.59. The first kappa shape index (κ1) is 24.5. The first-order valence-electron chi connectivity index (χ1n) is 11.5. The van der Waals surface area contributed by atoms with Gasteiger partial charge in [0.2, 0.25) is 0 Å². The molecule has 0 atom stereocenters. The van der Waals surface area contributed by atoms with E-state index >= 15 is 0 Å². The number of nitrogens with one attached hydrogen (secondary N) is 1. The van der Waals surface area contributed by atoms with E-state index in [9.17, 15) is 18.4 Å². The molecule has 3 aromatic rings. The molecule has 0 aliphatic carbocycles. The minimum Gasteiger partial charge on any atom is -0.369 e. The van der Waals surface area contributed by atoms with Gasteiger partial charge in [0.15, 0.2) is 5.82 Å². The number of carbonyl (C=O) groups excluding carboxylic acids is 2. The van der Waals surface area contributed by atoms with Crippen molar-refractivity contribution >= 4 is 23.7 Å². The van der Waals surface area contributed by atoms with Crippen molar-refractivity contribution < 1.29 is 18.4 Å². The largest absolute Gasteiger partial charge is 0.369 e. The molecule has 0 unspecified atom stereocenters. The summed E-state index contributed by atoms with van der Waals surface area (Å²) in [5.74, 6) is -1.97. The van der Waals surface area contributed by atoms with Crippen molar-refractivity contribution in [2.24, 2.45) is 0 Å². The molecule has 0 radical (unpaired) electrons. The molecule has 1 aliphatic heterocycles. The van der Waals surface area contributed by atoms with E-state index in [1.54, 1.807) is 12.1 Å². The summed E-state index contributed by atoms with van der Waals surface area (Å²) in [7, 11) is 2.10. The summed E-state index contributed by atoms with van der Waals surface area (Å²) in [6, 6.07) is 10.7. The number of anilines is 2. The lowest BCUT2D eigenvalue weighted by Gasteiger charge is -2.34. The zero-order chi connectivity index (χ0) is 25.3. The van der Waals surface area contributed by atoms with Crippen molar-refractivity contribution in [2.45, 2.75) is 26.3 Å². The van der Waals surface area contributed by atoms with Gasteiger partial charge in [-0.1, -0.05) is 0 Å². The molecule has 0 saturated carbocycles. The Morgan fingerprint density at radius 1 is 1.00 bits per heavy atom. The number of hydrogen-bond donors (Lipinski definition) is 1. The second kappa shape index (κ2) is 9.58. The zero-order valence-corrected chi connectivity index (χ0v) is 20.3. The number of hydrogen-bond acceptors (Lipinski definition) is 5. The van der Waals surface area contributed by atoms with Gasteiger partial charge >= 0.3 is 0 Å². The van der Waals surface area contributed by atoms with Gasteiger partial charge in [0.05, 0.1) is 16.8 Å². The minimum absolute atomic E-state index is 0.0980. The highest BCUT2D eigenvalue weighted by atomic mass is 19.1. The Kier molecular flexibility index (Phi) is 6.71. The predicted molar refractivity (Wildman–Crippen MR) is 132 cm³/mol. The Hall–Kier alpha value is -3.59. The third-order valence-corrected chi connectivity index (χ3v) is 6.04. The van der Waals surface area contributed by atoms with Crippen LogP contribution in [-0.2, 0) is 5.54 Å². The lowest BCUT2D eigenvalue weighted by molar-refractivity contribution is 0.102. The molecule has 1 amide bonds. The van der Waals surface area contributed by atoms with Crippen LogP contribution in [0.2, 0.25) is 0 Å². The van der Waals surface area contributed by atoms with Gasteiger partial charge in [0.1, 0.15) is 17.9 Å². The summed E-state index contributed by atoms with van der Waals surface area (Å²) in [6.45, 7) is 9.33. The fourth-order valence-corrected chi connectivity index (χ4v) is 4.11. The molecular weight excluding hydrogens is 452 g/mol. The van der Waals surface area contributed by atoms with E-state index in [-0.39, 0.29) is 28.5 Å². The van der Waals surface area contributed by atoms with Crippen LogP contribution in [0, 0.1) is 11.6 Å². The van der Waals surface area contributed by atoms with Gasteiger partial charge in [-0.2, -0.15) is 5.10 Å². The minimum atomic E-state index is -0.880. The molecular formula is C26H29F2N5O2. The van der Waals surface area contributed by atoms with Crippen molar-refractivity contribution in [1.29, 1.82) is 0 Å². The van der Waals surface area contributed by atoms with Crippen molar-refractivity contribution in [1.82, 2.24) is 14.7 Å². The summed E-state index contributed by atoms with van der Waals surface area (Å²) in [5.41, 5.74) is 0.617. The van der Waals surface area contributed by atoms with Crippen LogP contribution in [-0.4, -0.2) is 60.1 Å². The Morgan fingerprint density at radius 3 is 2.14 bits per heavy atom. The van der Waals surface area contributed by atoms with E-state index in [4.69, 9.17) is 0 Å². The van der Waals surface area contributed by atoms with Crippen molar-refractivity contribution in [2.75, 3.05) is 43.4 Å². The average molecular weight is 482 g/mol. The van der Waals surface area contributed by atoms with E-state index in [2.05, 4.69) is 27.3 Å². The average Bonchev–Trinajstić information content (AvgIpc) is 3.23. The van der Waals surface area contributed by atoms with Crippen LogP contribution in [0.15, 0.2) is 42.5 Å². The summed E-state index contributed by atoms with van der Waals surface area (Å²) in [6.07, 6.45) is 0.387. The molecule has 1 aromatic heterocycles. The normalized spacial score (nSPS) is 14.7. The van der Waals surface area contributed by atoms with Gasteiger partial charge in [-0.3, -0.25) is 14.3 Å². The molecule has 1 fully saturated rings. The van der Waals surface area contributed by atoms with Gasteiger partial charge in [0, 0.05) is 49.1 Å². The highest BCUT2D eigenvalue weighted by Gasteiger charge is 2.26. The fourth-order valence-electron chi connectivity index (χ4n) is 4.11. The highest BCUT2D eigenvalue weighted by molar-refractivity contribution is 6.04. The van der Waals surface area contributed by atoms with Crippen molar-refractivity contribution in [3.05, 3.63) is 65.2 Å².